The molecule has 0 spiro atoms. The normalized spacial score (nSPS) is 12.6. The van der Waals surface area contributed by atoms with Crippen LogP contribution in [0.4, 0.5) is 0 Å². The molecule has 0 saturated heterocycles. The van der Waals surface area contributed by atoms with Gasteiger partial charge in [-0.1, -0.05) is 25.2 Å². The Labute approximate surface area is 94.1 Å². The molecule has 0 aliphatic carbocycles. The van der Waals surface area contributed by atoms with Crippen LogP contribution in [0.2, 0.25) is 0 Å². The maximum atomic E-state index is 5.69. The molecule has 1 unspecified atom stereocenters. The molecule has 1 atom stereocenters. The van der Waals surface area contributed by atoms with Crippen molar-refractivity contribution in [3.8, 4) is 0 Å². The summed E-state index contributed by atoms with van der Waals surface area (Å²) < 4.78 is 5.69. The highest BCUT2D eigenvalue weighted by molar-refractivity contribution is 7.80. The largest absolute Gasteiger partial charge is 0.393 e. The molecule has 0 aromatic carbocycles. The molecular weight excluding hydrogens is 214 g/mol. The van der Waals surface area contributed by atoms with Crippen molar-refractivity contribution in [3.63, 3.8) is 0 Å². The molecule has 78 valence electrons. The van der Waals surface area contributed by atoms with Crippen LogP contribution < -0.4 is 5.73 Å². The Kier molecular flexibility index (Phi) is 5.07. The maximum Gasteiger partial charge on any atom is 0.0813 e. The van der Waals surface area contributed by atoms with Gasteiger partial charge in [0, 0.05) is 11.3 Å². The summed E-state index contributed by atoms with van der Waals surface area (Å²) in [5, 5.41) is 2.05. The van der Waals surface area contributed by atoms with E-state index in [1.807, 2.05) is 11.4 Å². The first-order valence-corrected chi connectivity index (χ1v) is 5.93. The highest BCUT2D eigenvalue weighted by atomic mass is 32.1. The number of hydrogen-bond donors (Lipinski definition) is 1. The Bertz CT molecular complexity index is 272. The first-order chi connectivity index (χ1) is 6.72. The van der Waals surface area contributed by atoms with Crippen molar-refractivity contribution in [2.75, 3.05) is 0 Å². The molecule has 0 bridgehead atoms. The molecule has 1 rings (SSSR count). The average Bonchev–Trinajstić information content (AvgIpc) is 2.64. The summed E-state index contributed by atoms with van der Waals surface area (Å²) in [4.78, 5) is 1.77. The molecule has 0 saturated carbocycles. The molecule has 0 radical (unpaired) electrons. The molecule has 0 fully saturated rings. The van der Waals surface area contributed by atoms with E-state index in [1.165, 1.54) is 4.88 Å². The van der Waals surface area contributed by atoms with Gasteiger partial charge in [-0.2, -0.15) is 0 Å². The first-order valence-electron chi connectivity index (χ1n) is 4.64. The van der Waals surface area contributed by atoms with Crippen LogP contribution in [0.1, 0.15) is 24.6 Å². The van der Waals surface area contributed by atoms with E-state index in [0.29, 0.717) is 18.0 Å². The van der Waals surface area contributed by atoms with Crippen LogP contribution in [0, 0.1) is 0 Å². The lowest BCUT2D eigenvalue weighted by Crippen LogP contribution is -2.20. The zero-order valence-corrected chi connectivity index (χ0v) is 9.87. The van der Waals surface area contributed by atoms with Crippen molar-refractivity contribution < 1.29 is 4.74 Å². The Morgan fingerprint density at radius 3 is 3.00 bits per heavy atom. The summed E-state index contributed by atoms with van der Waals surface area (Å²) >= 11 is 6.56. The van der Waals surface area contributed by atoms with Crippen molar-refractivity contribution in [3.05, 3.63) is 22.4 Å². The monoisotopic (exact) mass is 229 g/mol. The van der Waals surface area contributed by atoms with E-state index in [1.54, 1.807) is 11.3 Å². The third-order valence-electron chi connectivity index (χ3n) is 1.93. The molecule has 0 aliphatic heterocycles. The van der Waals surface area contributed by atoms with E-state index < -0.39 is 0 Å². The van der Waals surface area contributed by atoms with Gasteiger partial charge in [0.1, 0.15) is 0 Å². The topological polar surface area (TPSA) is 35.2 Å². The molecule has 1 aromatic heterocycles. The van der Waals surface area contributed by atoms with Crippen molar-refractivity contribution in [2.45, 2.75) is 32.5 Å². The van der Waals surface area contributed by atoms with E-state index in [0.717, 1.165) is 6.42 Å². The fraction of sp³-hybridized carbons (Fsp3) is 0.500. The van der Waals surface area contributed by atoms with Crippen LogP contribution in [-0.4, -0.2) is 11.1 Å². The second-order valence-electron chi connectivity index (χ2n) is 3.09. The third kappa shape index (κ3) is 4.17. The lowest BCUT2D eigenvalue weighted by molar-refractivity contribution is 0.0448. The Morgan fingerprint density at radius 2 is 2.50 bits per heavy atom. The second kappa shape index (κ2) is 6.11. The van der Waals surface area contributed by atoms with E-state index >= 15 is 0 Å². The van der Waals surface area contributed by atoms with Crippen LogP contribution in [0.15, 0.2) is 17.5 Å². The zero-order chi connectivity index (χ0) is 10.4. The van der Waals surface area contributed by atoms with Gasteiger partial charge >= 0.3 is 0 Å². The number of ether oxygens (including phenoxy) is 1. The van der Waals surface area contributed by atoms with Gasteiger partial charge in [-0.3, -0.25) is 0 Å². The molecule has 2 nitrogen and oxygen atoms in total. The highest BCUT2D eigenvalue weighted by Gasteiger charge is 2.08. The quantitative estimate of drug-likeness (QED) is 0.762. The Balaban J connectivity index is 2.30. The van der Waals surface area contributed by atoms with Gasteiger partial charge in [0.25, 0.3) is 0 Å². The second-order valence-corrected chi connectivity index (χ2v) is 4.65. The van der Waals surface area contributed by atoms with Gasteiger partial charge in [0.2, 0.25) is 0 Å². The molecule has 14 heavy (non-hydrogen) atoms. The van der Waals surface area contributed by atoms with Crippen LogP contribution in [-0.2, 0) is 11.3 Å². The van der Waals surface area contributed by atoms with Crippen molar-refractivity contribution in [1.29, 1.82) is 0 Å². The van der Waals surface area contributed by atoms with E-state index in [-0.39, 0.29) is 6.10 Å². The maximum absolute atomic E-state index is 5.69. The van der Waals surface area contributed by atoms with Crippen LogP contribution >= 0.6 is 23.6 Å². The van der Waals surface area contributed by atoms with Gasteiger partial charge in [0.15, 0.2) is 0 Å². The summed E-state index contributed by atoms with van der Waals surface area (Å²) in [7, 11) is 0. The number of rotatable bonds is 6. The summed E-state index contributed by atoms with van der Waals surface area (Å²) in [6.07, 6.45) is 1.79. The number of thiocarbonyl (C=S) groups is 1. The predicted molar refractivity (Wildman–Crippen MR) is 64.6 cm³/mol. The summed E-state index contributed by atoms with van der Waals surface area (Å²) in [5.41, 5.74) is 5.47. The number of hydrogen-bond acceptors (Lipinski definition) is 3. The number of nitrogens with two attached hydrogens (primary N) is 1. The molecule has 2 N–H and O–H groups in total. The fourth-order valence-electron chi connectivity index (χ4n) is 1.14. The fourth-order valence-corrected chi connectivity index (χ4v) is 1.95. The van der Waals surface area contributed by atoms with Crippen molar-refractivity contribution >= 4 is 28.5 Å². The SMILES string of the molecule is CCC(CC(N)=S)OCc1cccs1. The van der Waals surface area contributed by atoms with E-state index in [2.05, 4.69) is 13.0 Å². The highest BCUT2D eigenvalue weighted by Crippen LogP contribution is 2.13. The van der Waals surface area contributed by atoms with E-state index in [4.69, 9.17) is 22.7 Å². The van der Waals surface area contributed by atoms with Gasteiger partial charge in [-0.15, -0.1) is 11.3 Å². The first kappa shape index (κ1) is 11.6. The molecule has 0 amide bonds. The molecule has 4 heteroatoms. The van der Waals surface area contributed by atoms with Gasteiger partial charge in [0.05, 0.1) is 17.7 Å². The third-order valence-corrected chi connectivity index (χ3v) is 2.94. The number of thiophene rings is 1. The van der Waals surface area contributed by atoms with Crippen LogP contribution in [0.5, 0.6) is 0 Å². The molecule has 1 heterocycles. The minimum Gasteiger partial charge on any atom is -0.393 e. The summed E-state index contributed by atoms with van der Waals surface area (Å²) in [6.45, 7) is 2.75. The van der Waals surface area contributed by atoms with Gasteiger partial charge in [-0.25, -0.2) is 0 Å². The van der Waals surface area contributed by atoms with Crippen molar-refractivity contribution in [2.24, 2.45) is 5.73 Å². The summed E-state index contributed by atoms with van der Waals surface area (Å²) in [6, 6.07) is 4.09. The molecule has 0 aliphatic rings. The Hall–Kier alpha value is -0.450. The standard InChI is InChI=1S/C10H15NOS2/c1-2-8(6-10(11)13)12-7-9-4-3-5-14-9/h3-5,8H,2,6-7H2,1H3,(H2,11,13). The lowest BCUT2D eigenvalue weighted by atomic mass is 10.2. The Morgan fingerprint density at radius 1 is 1.71 bits per heavy atom. The predicted octanol–water partition coefficient (Wildman–Crippen LogP) is 2.72. The van der Waals surface area contributed by atoms with Gasteiger partial charge < -0.3 is 10.5 Å². The van der Waals surface area contributed by atoms with Crippen LogP contribution in [0.25, 0.3) is 0 Å². The molecular formula is C10H15NOS2. The zero-order valence-electron chi connectivity index (χ0n) is 8.23. The minimum absolute atomic E-state index is 0.162. The van der Waals surface area contributed by atoms with Crippen LogP contribution in [0.3, 0.4) is 0 Å². The van der Waals surface area contributed by atoms with Gasteiger partial charge in [-0.05, 0) is 17.9 Å². The van der Waals surface area contributed by atoms with E-state index in [9.17, 15) is 0 Å². The minimum atomic E-state index is 0.162. The summed E-state index contributed by atoms with van der Waals surface area (Å²) in [5.74, 6) is 0. The lowest BCUT2D eigenvalue weighted by Gasteiger charge is -2.14. The smallest absolute Gasteiger partial charge is 0.0813 e. The molecule has 1 aromatic rings. The average molecular weight is 229 g/mol. The van der Waals surface area contributed by atoms with Crippen molar-refractivity contribution in [1.82, 2.24) is 0 Å².